The van der Waals surface area contributed by atoms with Crippen molar-refractivity contribution in [3.8, 4) is 0 Å². The van der Waals surface area contributed by atoms with Crippen molar-refractivity contribution in [2.24, 2.45) is 5.92 Å². The lowest BCUT2D eigenvalue weighted by Crippen LogP contribution is -2.42. The average Bonchev–Trinajstić information content (AvgIpc) is 2.76. The van der Waals surface area contributed by atoms with Crippen molar-refractivity contribution in [1.29, 1.82) is 0 Å². The second-order valence-corrected chi connectivity index (χ2v) is 6.89. The molecule has 1 amide bonds. The number of hydrogen-bond acceptors (Lipinski definition) is 4. The number of thiophene rings is 1. The smallest absolute Gasteiger partial charge is 0.475 e. The molecule has 2 N–H and O–H groups in total. The van der Waals surface area contributed by atoms with Crippen molar-refractivity contribution in [1.82, 2.24) is 10.2 Å². The fourth-order valence-corrected chi connectivity index (χ4v) is 3.53. The number of hydrogen-bond donors (Lipinski definition) is 2. The highest BCUT2D eigenvalue weighted by Crippen LogP contribution is 2.48. The van der Waals surface area contributed by atoms with Gasteiger partial charge in [0.2, 0.25) is 5.91 Å². The molecule has 3 rings (SSSR count). The number of aliphatic carboxylic acids is 1. The van der Waals surface area contributed by atoms with Crippen molar-refractivity contribution >= 4 is 23.2 Å². The molecule has 1 saturated carbocycles. The molecule has 9 heteroatoms. The van der Waals surface area contributed by atoms with Gasteiger partial charge < -0.3 is 15.3 Å². The van der Waals surface area contributed by atoms with Crippen molar-refractivity contribution < 1.29 is 27.9 Å². The molecule has 2 fully saturated rings. The third-order valence-corrected chi connectivity index (χ3v) is 4.74. The van der Waals surface area contributed by atoms with Crippen molar-refractivity contribution in [2.75, 3.05) is 20.1 Å². The van der Waals surface area contributed by atoms with Crippen LogP contribution in [-0.4, -0.2) is 53.7 Å². The van der Waals surface area contributed by atoms with E-state index in [4.69, 9.17) is 9.90 Å². The summed E-state index contributed by atoms with van der Waals surface area (Å²) in [7, 11) is 2.12. The lowest BCUT2D eigenvalue weighted by molar-refractivity contribution is -0.192. The van der Waals surface area contributed by atoms with Crippen LogP contribution in [0.3, 0.4) is 0 Å². The topological polar surface area (TPSA) is 69.6 Å². The van der Waals surface area contributed by atoms with E-state index in [1.807, 2.05) is 17.5 Å². The quantitative estimate of drug-likeness (QED) is 0.871. The number of fused-ring (bicyclic) bond motifs is 1. The molecule has 0 spiro atoms. The van der Waals surface area contributed by atoms with E-state index < -0.39 is 12.1 Å². The molecule has 128 valence electrons. The van der Waals surface area contributed by atoms with Crippen LogP contribution in [0.15, 0.2) is 17.5 Å². The zero-order valence-corrected chi connectivity index (χ0v) is 13.2. The molecule has 0 unspecified atom stereocenters. The third kappa shape index (κ3) is 4.68. The summed E-state index contributed by atoms with van der Waals surface area (Å²) in [6.07, 6.45) is -3.37. The number of rotatable bonds is 3. The lowest BCUT2D eigenvalue weighted by Gasteiger charge is -2.17. The van der Waals surface area contributed by atoms with E-state index in [0.717, 1.165) is 18.0 Å². The number of likely N-dealkylation sites (N-methyl/N-ethyl adjacent to an activating group) is 1. The largest absolute Gasteiger partial charge is 0.490 e. The van der Waals surface area contributed by atoms with E-state index >= 15 is 0 Å². The molecule has 1 aromatic heterocycles. The number of piperidine rings is 1. The fourth-order valence-electron chi connectivity index (χ4n) is 2.82. The van der Waals surface area contributed by atoms with E-state index in [-0.39, 0.29) is 11.4 Å². The van der Waals surface area contributed by atoms with Gasteiger partial charge in [-0.25, -0.2) is 4.79 Å². The van der Waals surface area contributed by atoms with Crippen LogP contribution in [0.2, 0.25) is 0 Å². The van der Waals surface area contributed by atoms with Crippen LogP contribution in [0.25, 0.3) is 0 Å². The maximum absolute atomic E-state index is 11.9. The van der Waals surface area contributed by atoms with Crippen LogP contribution in [-0.2, 0) is 16.0 Å². The number of nitrogens with zero attached hydrogens (tertiary/aromatic N) is 1. The van der Waals surface area contributed by atoms with Gasteiger partial charge >= 0.3 is 12.1 Å². The van der Waals surface area contributed by atoms with Gasteiger partial charge in [0.15, 0.2) is 0 Å². The Morgan fingerprint density at radius 3 is 2.61 bits per heavy atom. The Bertz CT molecular complexity index is 576. The van der Waals surface area contributed by atoms with Crippen LogP contribution in [0.1, 0.15) is 11.3 Å². The second kappa shape index (κ2) is 6.48. The first-order valence-electron chi connectivity index (χ1n) is 6.94. The van der Waals surface area contributed by atoms with E-state index in [1.54, 1.807) is 11.3 Å². The Kier molecular flexibility index (Phi) is 5.00. The molecule has 1 aliphatic heterocycles. The Balaban J connectivity index is 0.000000236. The van der Waals surface area contributed by atoms with Gasteiger partial charge in [-0.05, 0) is 30.8 Å². The van der Waals surface area contributed by atoms with E-state index in [2.05, 4.69) is 17.3 Å². The van der Waals surface area contributed by atoms with Crippen LogP contribution in [0.5, 0.6) is 0 Å². The minimum atomic E-state index is -5.08. The van der Waals surface area contributed by atoms with Gasteiger partial charge in [0.1, 0.15) is 0 Å². The van der Waals surface area contributed by atoms with Crippen LogP contribution < -0.4 is 5.32 Å². The average molecular weight is 350 g/mol. The van der Waals surface area contributed by atoms with Gasteiger partial charge in [0, 0.05) is 18.0 Å². The van der Waals surface area contributed by atoms with Gasteiger partial charge in [-0.1, -0.05) is 6.07 Å². The van der Waals surface area contributed by atoms with Crippen LogP contribution in [0.4, 0.5) is 13.2 Å². The number of carbonyl (C=O) groups is 2. The van der Waals surface area contributed by atoms with Gasteiger partial charge in [0.05, 0.1) is 12.0 Å². The van der Waals surface area contributed by atoms with E-state index in [1.165, 1.54) is 6.42 Å². The molecule has 2 aliphatic rings. The molecule has 2 heterocycles. The molecule has 0 radical (unpaired) electrons. The number of nitrogens with one attached hydrogen (secondary N) is 1. The molecule has 1 aromatic rings. The van der Waals surface area contributed by atoms with E-state index in [0.29, 0.717) is 12.3 Å². The summed E-state index contributed by atoms with van der Waals surface area (Å²) in [4.78, 5) is 24.2. The zero-order chi connectivity index (χ0) is 17.3. The molecule has 23 heavy (non-hydrogen) atoms. The summed E-state index contributed by atoms with van der Waals surface area (Å²) < 4.78 is 31.7. The Morgan fingerprint density at radius 1 is 1.52 bits per heavy atom. The first-order valence-corrected chi connectivity index (χ1v) is 7.82. The highest BCUT2D eigenvalue weighted by molar-refractivity contribution is 7.10. The number of likely N-dealkylation sites (tertiary alicyclic amines) is 1. The summed E-state index contributed by atoms with van der Waals surface area (Å²) in [5.74, 6) is -1.88. The Morgan fingerprint density at radius 2 is 2.17 bits per heavy atom. The first kappa shape index (κ1) is 17.7. The van der Waals surface area contributed by atoms with Gasteiger partial charge in [-0.2, -0.15) is 13.2 Å². The number of amides is 1. The van der Waals surface area contributed by atoms with E-state index in [9.17, 15) is 18.0 Å². The molecular weight excluding hydrogens is 333 g/mol. The van der Waals surface area contributed by atoms with Crippen molar-refractivity contribution in [3.05, 3.63) is 22.4 Å². The Labute approximate surface area is 135 Å². The maximum Gasteiger partial charge on any atom is 0.490 e. The molecular formula is C14H17F3N2O3S. The predicted molar refractivity (Wildman–Crippen MR) is 78.2 cm³/mol. The summed E-state index contributed by atoms with van der Waals surface area (Å²) in [5.41, 5.74) is 0.128. The maximum atomic E-state index is 11.9. The number of carboxylic acid groups (broad SMARTS) is 1. The van der Waals surface area contributed by atoms with Crippen molar-refractivity contribution in [2.45, 2.75) is 24.6 Å². The first-order chi connectivity index (χ1) is 10.6. The monoisotopic (exact) mass is 350 g/mol. The summed E-state index contributed by atoms with van der Waals surface area (Å²) >= 11 is 1.65. The summed E-state index contributed by atoms with van der Waals surface area (Å²) in [6, 6.07) is 4.02. The standard InChI is InChI=1S/C12H16N2OS.C2HF3O2/c1-14-7-9-6-12(9,8-14)13-11(15)5-10-3-2-4-16-10;3-2(4,5)1(6)7/h2-4,9H,5-8H2,1H3,(H,13,15);(H,6,7)/t9-,12-;/m0./s1. The van der Waals surface area contributed by atoms with Crippen LogP contribution in [0, 0.1) is 5.92 Å². The molecule has 5 nitrogen and oxygen atoms in total. The number of carboxylic acids is 1. The Hall–Kier alpha value is -1.61. The molecule has 1 saturated heterocycles. The normalized spacial score (nSPS) is 26.0. The highest BCUT2D eigenvalue weighted by atomic mass is 32.1. The number of alkyl halides is 3. The number of halogens is 3. The highest BCUT2D eigenvalue weighted by Gasteiger charge is 2.59. The van der Waals surface area contributed by atoms with Crippen LogP contribution >= 0.6 is 11.3 Å². The molecule has 1 aliphatic carbocycles. The molecule has 0 aromatic carbocycles. The lowest BCUT2D eigenvalue weighted by atomic mass is 10.2. The second-order valence-electron chi connectivity index (χ2n) is 5.86. The predicted octanol–water partition coefficient (Wildman–Crippen LogP) is 1.74. The number of carbonyl (C=O) groups excluding carboxylic acids is 1. The van der Waals surface area contributed by atoms with Gasteiger partial charge in [-0.15, -0.1) is 11.3 Å². The third-order valence-electron chi connectivity index (χ3n) is 3.86. The SMILES string of the molecule is CN1C[C@@H]2C[C@]2(NC(=O)Cc2cccs2)C1.O=C(O)C(F)(F)F. The van der Waals surface area contributed by atoms with Gasteiger partial charge in [0.25, 0.3) is 0 Å². The summed E-state index contributed by atoms with van der Waals surface area (Å²) in [6.45, 7) is 2.16. The minimum absolute atomic E-state index is 0.128. The molecule has 2 atom stereocenters. The fraction of sp³-hybridized carbons (Fsp3) is 0.571. The zero-order valence-electron chi connectivity index (χ0n) is 12.4. The van der Waals surface area contributed by atoms with Gasteiger partial charge in [-0.3, -0.25) is 4.79 Å². The van der Waals surface area contributed by atoms with Crippen molar-refractivity contribution in [3.63, 3.8) is 0 Å². The summed E-state index contributed by atoms with van der Waals surface area (Å²) in [5, 5.41) is 12.4. The minimum Gasteiger partial charge on any atom is -0.475 e. The molecule has 0 bridgehead atoms.